The first-order chi connectivity index (χ1) is 48.6. The second kappa shape index (κ2) is 30.8. The predicted molar refractivity (Wildman–Crippen MR) is 394 cm³/mol. The van der Waals surface area contributed by atoms with Crippen molar-refractivity contribution in [1.29, 1.82) is 0 Å². The van der Waals surface area contributed by atoms with Crippen LogP contribution in [0.2, 0.25) is 0 Å². The number of carbonyl (C=O) groups excluding carboxylic acids is 3. The lowest BCUT2D eigenvalue weighted by Crippen LogP contribution is -2.38. The molecule has 100 heavy (non-hydrogen) atoms. The van der Waals surface area contributed by atoms with Gasteiger partial charge >= 0.3 is 12.1 Å². The summed E-state index contributed by atoms with van der Waals surface area (Å²) in [4.78, 5) is 60.8. The van der Waals surface area contributed by atoms with E-state index in [2.05, 4.69) is 70.2 Å². The van der Waals surface area contributed by atoms with Gasteiger partial charge in [-0.3, -0.25) is 43.7 Å². The molecule has 6 fully saturated rings. The first-order valence-electron chi connectivity index (χ1n) is 35.4. The molecule has 5 aromatic carbocycles. The van der Waals surface area contributed by atoms with Crippen LogP contribution >= 0.6 is 22.7 Å². The molecule has 0 radical (unpaired) electrons. The number of amides is 1. The van der Waals surface area contributed by atoms with Gasteiger partial charge in [0.05, 0.1) is 100.0 Å². The Hall–Kier alpha value is -8.45. The number of hydrogen-bond donors (Lipinski definition) is 3. The van der Waals surface area contributed by atoms with Gasteiger partial charge in [-0.05, 0) is 200 Å². The molecular weight excluding hydrogens is 1300 g/mol. The molecule has 20 nitrogen and oxygen atoms in total. The number of ketones is 2. The number of Topliss-reactive ketones (excluding diaryl/α,β-unsaturated/α-hetero) is 2. The third kappa shape index (κ3) is 16.9. The third-order valence-electron chi connectivity index (χ3n) is 19.6. The van der Waals surface area contributed by atoms with Crippen molar-refractivity contribution in [3.63, 3.8) is 0 Å². The number of fused-ring (bicyclic) bond motifs is 3. The van der Waals surface area contributed by atoms with Gasteiger partial charge in [0.15, 0.2) is 11.6 Å². The van der Waals surface area contributed by atoms with E-state index in [9.17, 15) is 24.3 Å². The van der Waals surface area contributed by atoms with E-state index in [0.717, 1.165) is 209 Å². The van der Waals surface area contributed by atoms with Crippen LogP contribution in [0.5, 0.6) is 0 Å². The van der Waals surface area contributed by atoms with Crippen molar-refractivity contribution < 1.29 is 43.2 Å². The Morgan fingerprint density at radius 3 is 1.30 bits per heavy atom. The van der Waals surface area contributed by atoms with Crippen LogP contribution in [0, 0.1) is 0 Å². The number of carboxylic acids is 1. The Kier molecular flexibility index (Phi) is 21.1. The molecule has 3 aliphatic carbocycles. The van der Waals surface area contributed by atoms with Crippen LogP contribution in [0.25, 0.3) is 53.6 Å². The summed E-state index contributed by atoms with van der Waals surface area (Å²) >= 11 is 3.33. The summed E-state index contributed by atoms with van der Waals surface area (Å²) in [6.07, 6.45) is 12.4. The van der Waals surface area contributed by atoms with Gasteiger partial charge in [0.2, 0.25) is 0 Å². The molecule has 0 bridgehead atoms. The van der Waals surface area contributed by atoms with Gasteiger partial charge in [0, 0.05) is 120 Å². The van der Waals surface area contributed by atoms with Crippen molar-refractivity contribution in [1.82, 2.24) is 44.0 Å². The van der Waals surface area contributed by atoms with Gasteiger partial charge < -0.3 is 29.8 Å². The average molecular weight is 1390 g/mol. The number of aromatic carboxylic acids is 1. The number of hydrogen-bond acceptors (Lipinski definition) is 17. The number of carbonyl (C=O) groups is 4. The smallest absolute Gasteiger partial charge is 0.412 e. The Bertz CT molecular complexity index is 4540. The number of benzene rings is 5. The summed E-state index contributed by atoms with van der Waals surface area (Å²) in [6.45, 7) is 21.4. The number of nitrogen functional groups attached to an aromatic ring is 1. The molecule has 22 heteroatoms. The van der Waals surface area contributed by atoms with Crippen LogP contribution in [0.15, 0.2) is 126 Å². The van der Waals surface area contributed by atoms with E-state index in [1.807, 2.05) is 104 Å². The Labute approximate surface area is 590 Å². The first kappa shape index (κ1) is 68.7. The number of nitrogens with one attached hydrogen (secondary N) is 1. The molecule has 3 aliphatic heterocycles. The lowest BCUT2D eigenvalue weighted by atomic mass is 9.95. The maximum Gasteiger partial charge on any atom is 0.412 e. The molecule has 3 saturated heterocycles. The summed E-state index contributed by atoms with van der Waals surface area (Å²) in [6, 6.07) is 31.8. The normalized spacial score (nSPS) is 17.0. The molecule has 6 aliphatic rings. The highest BCUT2D eigenvalue weighted by molar-refractivity contribution is 7.13. The van der Waals surface area contributed by atoms with E-state index in [1.165, 1.54) is 34.4 Å². The molecule has 16 rings (SSSR count). The van der Waals surface area contributed by atoms with Crippen LogP contribution < -0.4 is 11.1 Å². The van der Waals surface area contributed by atoms with Crippen molar-refractivity contribution in [2.45, 2.75) is 115 Å². The second-order valence-corrected chi connectivity index (χ2v) is 30.1. The summed E-state index contributed by atoms with van der Waals surface area (Å²) in [5.41, 5.74) is 19.5. The lowest BCUT2D eigenvalue weighted by molar-refractivity contribution is 0.0361. The molecule has 4 N–H and O–H groups in total. The fourth-order valence-electron chi connectivity index (χ4n) is 13.8. The first-order valence-corrected chi connectivity index (χ1v) is 37.1. The number of ether oxygens (including phenoxy) is 4. The van der Waals surface area contributed by atoms with Gasteiger partial charge in [0.1, 0.15) is 5.60 Å². The summed E-state index contributed by atoms with van der Waals surface area (Å²) in [5.74, 6) is 0.729. The van der Waals surface area contributed by atoms with Crippen molar-refractivity contribution in [3.8, 4) is 20.9 Å². The third-order valence-corrected chi connectivity index (χ3v) is 21.5. The number of morpholine rings is 3. The number of rotatable bonds is 22. The van der Waals surface area contributed by atoms with Gasteiger partial charge in [0.25, 0.3) is 0 Å². The maximum absolute atomic E-state index is 13.9. The number of nitrogens with zero attached hydrogens (tertiary/aromatic N) is 9. The van der Waals surface area contributed by atoms with Crippen molar-refractivity contribution in [2.24, 2.45) is 0 Å². The number of thiophene rings is 2. The molecule has 5 aromatic heterocycles. The molecule has 0 atom stereocenters. The molecule has 1 amide bonds. The van der Waals surface area contributed by atoms with E-state index in [4.69, 9.17) is 34.9 Å². The highest BCUT2D eigenvalue weighted by Crippen LogP contribution is 2.46. The standard InChI is InChI=1S/C33H38N4O4S.C28H30N4O2S.C17H21N3O3/c1-33(2,3)41-32(39)35-28-9-8-23(30-5-4-16-42-30)17-24(28)20-29(38)25-18-26-21-34-37(11-10-36-12-14-40-15-13-36)31(26)27(19-25)22-6-7-22;29-25-6-5-20(27-2-1-13-35-27)14-21(25)17-26(33)22-15-23-18-30-32(8-7-31-9-11-34-12-10-31)28(23)24(16-22)19-3-4-19;21-17(22)13-9-14-11-18-20(4-3-19-5-7-23-8-6-19)16(14)15(10-13)12-1-2-12/h4-5,8-9,16-19,21-22H,6-7,10-15,20H2,1-3H3,(H,35,39);1-2,5-6,13-16,18-19H,3-4,7-12,17,29H2;9-12H,1-8H2,(H,21,22). The number of aromatic nitrogens is 6. The summed E-state index contributed by atoms with van der Waals surface area (Å²) in [7, 11) is 0. The molecule has 0 unspecified atom stereocenters. The second-order valence-electron chi connectivity index (χ2n) is 28.2. The lowest BCUT2D eigenvalue weighted by Gasteiger charge is -2.26. The molecule has 0 spiro atoms. The number of carboxylic acid groups (broad SMARTS) is 1. The van der Waals surface area contributed by atoms with Crippen molar-refractivity contribution >= 4 is 90.4 Å². The van der Waals surface area contributed by atoms with Crippen LogP contribution in [0.1, 0.15) is 136 Å². The van der Waals surface area contributed by atoms with Crippen LogP contribution in [-0.2, 0) is 51.4 Å². The fraction of sp³-hybridized carbons (Fsp3) is 0.423. The SMILES string of the molecule is CC(C)(C)OC(=O)Nc1ccc(-c2cccs2)cc1CC(=O)c1cc(C2CC2)c2c(cnn2CCN2CCOCC2)c1.Nc1ccc(-c2cccs2)cc1CC(=O)c1cc(C2CC2)c2c(cnn2CCN2CCOCC2)c1.O=C(O)c1cc(C2CC2)c2c(cnn2CCN2CCOCC2)c1. The highest BCUT2D eigenvalue weighted by atomic mass is 32.1. The van der Waals surface area contributed by atoms with Gasteiger partial charge in [-0.2, -0.15) is 15.3 Å². The Morgan fingerprint density at radius 1 is 0.520 bits per heavy atom. The Morgan fingerprint density at radius 2 is 0.910 bits per heavy atom. The summed E-state index contributed by atoms with van der Waals surface area (Å²) < 4.78 is 28.1. The van der Waals surface area contributed by atoms with Crippen LogP contribution in [0.3, 0.4) is 0 Å². The average Bonchev–Trinajstić information content (AvgIpc) is 1.62. The fourth-order valence-corrected chi connectivity index (χ4v) is 15.3. The minimum absolute atomic E-state index is 0.00966. The quantitative estimate of drug-likeness (QED) is 0.0423. The number of anilines is 2. The molecule has 3 saturated carbocycles. The molecule has 522 valence electrons. The molecule has 10 aromatic rings. The van der Waals surface area contributed by atoms with Gasteiger partial charge in [-0.15, -0.1) is 22.7 Å². The zero-order chi connectivity index (χ0) is 68.9. The predicted octanol–water partition coefficient (Wildman–Crippen LogP) is 13.7. The van der Waals surface area contributed by atoms with E-state index < -0.39 is 17.7 Å². The van der Waals surface area contributed by atoms with Crippen molar-refractivity contribution in [3.05, 3.63) is 171 Å². The zero-order valence-electron chi connectivity index (χ0n) is 57.4. The van der Waals surface area contributed by atoms with Gasteiger partial charge in [-0.1, -0.05) is 24.3 Å². The molecular formula is C78H89N11O9S2. The van der Waals surface area contributed by atoms with Crippen LogP contribution in [-0.4, -0.2) is 177 Å². The summed E-state index contributed by atoms with van der Waals surface area (Å²) in [5, 5.41) is 33.2. The van der Waals surface area contributed by atoms with Gasteiger partial charge in [-0.25, -0.2) is 9.59 Å². The topological polar surface area (TPSA) is 227 Å². The molecule has 8 heterocycles. The zero-order valence-corrected chi connectivity index (χ0v) is 59.0. The van der Waals surface area contributed by atoms with E-state index in [1.54, 1.807) is 34.9 Å². The van der Waals surface area contributed by atoms with Crippen LogP contribution in [0.4, 0.5) is 16.2 Å². The largest absolute Gasteiger partial charge is 0.478 e. The highest BCUT2D eigenvalue weighted by Gasteiger charge is 2.32. The van der Waals surface area contributed by atoms with E-state index in [0.29, 0.717) is 46.7 Å². The Balaban J connectivity index is 0.000000133. The van der Waals surface area contributed by atoms with Crippen molar-refractivity contribution in [2.75, 3.05) is 110 Å². The van der Waals surface area contributed by atoms with E-state index >= 15 is 0 Å². The number of nitrogens with two attached hydrogens (primary N) is 1. The monoisotopic (exact) mass is 1390 g/mol. The van der Waals surface area contributed by atoms with E-state index in [-0.39, 0.29) is 18.0 Å². The minimum atomic E-state index is -0.866. The maximum atomic E-state index is 13.9. The minimum Gasteiger partial charge on any atom is -0.478 e.